The van der Waals surface area contributed by atoms with Gasteiger partial charge in [-0.1, -0.05) is 18.2 Å². The molecule has 0 fully saturated rings. The fourth-order valence-corrected chi connectivity index (χ4v) is 1.91. The quantitative estimate of drug-likeness (QED) is 0.879. The highest BCUT2D eigenvalue weighted by Gasteiger charge is 2.13. The Morgan fingerprint density at radius 3 is 2.89 bits per heavy atom. The molecule has 1 aliphatic heterocycles. The molecule has 0 radical (unpaired) electrons. The third-order valence-corrected chi connectivity index (χ3v) is 3.03. The van der Waals surface area contributed by atoms with E-state index in [9.17, 15) is 0 Å². The van der Waals surface area contributed by atoms with E-state index in [2.05, 4.69) is 35.1 Å². The molecule has 0 bridgehead atoms. The van der Waals surface area contributed by atoms with Gasteiger partial charge in [0.05, 0.1) is 13.1 Å². The van der Waals surface area contributed by atoms with Crippen LogP contribution in [0.15, 0.2) is 29.3 Å². The molecule has 1 unspecified atom stereocenters. The molecular formula is C14H21N3O. The van der Waals surface area contributed by atoms with Gasteiger partial charge in [0.15, 0.2) is 5.96 Å². The molecule has 1 aliphatic rings. The Hall–Kier alpha value is -1.71. The van der Waals surface area contributed by atoms with Gasteiger partial charge >= 0.3 is 0 Å². The van der Waals surface area contributed by atoms with Crippen molar-refractivity contribution in [2.75, 3.05) is 26.7 Å². The largest absolute Gasteiger partial charge is 0.489 e. The second kappa shape index (κ2) is 5.76. The minimum absolute atomic E-state index is 0.114. The summed E-state index contributed by atoms with van der Waals surface area (Å²) in [5.41, 5.74) is 1.17. The van der Waals surface area contributed by atoms with Crippen molar-refractivity contribution >= 4 is 5.96 Å². The first kappa shape index (κ1) is 12.7. The molecule has 0 aromatic heterocycles. The number of hydrogen-bond donors (Lipinski definition) is 1. The Morgan fingerprint density at radius 2 is 2.22 bits per heavy atom. The summed E-state index contributed by atoms with van der Waals surface area (Å²) in [7, 11) is 2.05. The second-order valence-electron chi connectivity index (χ2n) is 4.70. The van der Waals surface area contributed by atoms with Crippen LogP contribution in [-0.2, 0) is 0 Å². The average molecular weight is 247 g/mol. The summed E-state index contributed by atoms with van der Waals surface area (Å²) in [5, 5.41) is 3.32. The van der Waals surface area contributed by atoms with Crippen molar-refractivity contribution in [3.8, 4) is 5.75 Å². The van der Waals surface area contributed by atoms with Gasteiger partial charge in [-0.3, -0.25) is 4.99 Å². The van der Waals surface area contributed by atoms with Crippen molar-refractivity contribution in [3.05, 3.63) is 29.8 Å². The summed E-state index contributed by atoms with van der Waals surface area (Å²) in [6, 6.07) is 8.08. The summed E-state index contributed by atoms with van der Waals surface area (Å²) in [6.45, 7) is 6.76. The predicted octanol–water partition coefficient (Wildman–Crippen LogP) is 1.65. The Kier molecular flexibility index (Phi) is 4.07. The maximum Gasteiger partial charge on any atom is 0.193 e. The molecule has 0 aliphatic carbocycles. The molecule has 1 aromatic rings. The fraction of sp³-hybridized carbons (Fsp3) is 0.500. The summed E-state index contributed by atoms with van der Waals surface area (Å²) in [6.07, 6.45) is 0.114. The molecular weight excluding hydrogens is 226 g/mol. The van der Waals surface area contributed by atoms with Crippen LogP contribution in [0.4, 0.5) is 0 Å². The highest BCUT2D eigenvalue weighted by atomic mass is 16.5. The molecule has 1 heterocycles. The van der Waals surface area contributed by atoms with Crippen molar-refractivity contribution in [2.45, 2.75) is 20.0 Å². The maximum absolute atomic E-state index is 5.90. The molecule has 4 heteroatoms. The van der Waals surface area contributed by atoms with Crippen LogP contribution in [0.25, 0.3) is 0 Å². The normalized spacial score (nSPS) is 16.4. The van der Waals surface area contributed by atoms with E-state index >= 15 is 0 Å². The molecule has 1 atom stereocenters. The fourth-order valence-electron chi connectivity index (χ4n) is 1.91. The van der Waals surface area contributed by atoms with Gasteiger partial charge in [0.1, 0.15) is 11.9 Å². The summed E-state index contributed by atoms with van der Waals surface area (Å²) in [5.74, 6) is 1.92. The Bertz CT molecular complexity index is 431. The predicted molar refractivity (Wildman–Crippen MR) is 74.2 cm³/mol. The van der Waals surface area contributed by atoms with Gasteiger partial charge in [-0.25, -0.2) is 0 Å². The molecule has 4 nitrogen and oxygen atoms in total. The Morgan fingerprint density at radius 1 is 1.44 bits per heavy atom. The standard InChI is InChI=1S/C14H21N3O/c1-11-6-4-5-7-13(11)18-12(2)10-16-14-15-8-9-17(14)3/h4-7,12H,8-10H2,1-3H3,(H,15,16). The molecule has 2 rings (SSSR count). The summed E-state index contributed by atoms with van der Waals surface area (Å²) < 4.78 is 5.90. The monoisotopic (exact) mass is 247 g/mol. The number of hydrogen-bond acceptors (Lipinski definition) is 4. The Labute approximate surface area is 109 Å². The van der Waals surface area contributed by atoms with Crippen molar-refractivity contribution in [2.24, 2.45) is 4.99 Å². The lowest BCUT2D eigenvalue weighted by Crippen LogP contribution is -2.40. The van der Waals surface area contributed by atoms with Gasteiger partial charge in [0.25, 0.3) is 0 Å². The Balaban J connectivity index is 1.82. The minimum atomic E-state index is 0.114. The van der Waals surface area contributed by atoms with Crippen LogP contribution in [0.1, 0.15) is 12.5 Å². The number of nitrogens with one attached hydrogen (secondary N) is 1. The van der Waals surface area contributed by atoms with Crippen molar-refractivity contribution < 1.29 is 4.74 Å². The van der Waals surface area contributed by atoms with Gasteiger partial charge in [0.2, 0.25) is 0 Å². The first-order valence-electron chi connectivity index (χ1n) is 6.38. The molecule has 1 aromatic carbocycles. The molecule has 0 spiro atoms. The van der Waals surface area contributed by atoms with E-state index in [1.807, 2.05) is 25.2 Å². The number of nitrogens with zero attached hydrogens (tertiary/aromatic N) is 2. The van der Waals surface area contributed by atoms with E-state index in [1.165, 1.54) is 5.56 Å². The van der Waals surface area contributed by atoms with Crippen LogP contribution < -0.4 is 10.1 Å². The average Bonchev–Trinajstić information content (AvgIpc) is 2.75. The van der Waals surface area contributed by atoms with Crippen LogP contribution in [0.2, 0.25) is 0 Å². The topological polar surface area (TPSA) is 36.9 Å². The van der Waals surface area contributed by atoms with Gasteiger partial charge in [-0.2, -0.15) is 0 Å². The molecule has 18 heavy (non-hydrogen) atoms. The summed E-state index contributed by atoms with van der Waals surface area (Å²) >= 11 is 0. The van der Waals surface area contributed by atoms with Gasteiger partial charge in [-0.05, 0) is 25.5 Å². The van der Waals surface area contributed by atoms with Crippen LogP contribution >= 0.6 is 0 Å². The second-order valence-corrected chi connectivity index (χ2v) is 4.70. The lowest BCUT2D eigenvalue weighted by atomic mass is 10.2. The van der Waals surface area contributed by atoms with Crippen molar-refractivity contribution in [1.29, 1.82) is 0 Å². The number of benzene rings is 1. The number of aryl methyl sites for hydroxylation is 1. The van der Waals surface area contributed by atoms with E-state index in [-0.39, 0.29) is 6.10 Å². The summed E-state index contributed by atoms with van der Waals surface area (Å²) in [4.78, 5) is 6.51. The third kappa shape index (κ3) is 3.15. The van der Waals surface area contributed by atoms with E-state index in [4.69, 9.17) is 4.74 Å². The van der Waals surface area contributed by atoms with E-state index in [0.29, 0.717) is 0 Å². The smallest absolute Gasteiger partial charge is 0.193 e. The van der Waals surface area contributed by atoms with Crippen LogP contribution in [0.3, 0.4) is 0 Å². The molecule has 0 saturated carbocycles. The number of aliphatic imine (C=N–C) groups is 1. The SMILES string of the molecule is Cc1ccccc1OC(C)CNC1=NCCN1C. The number of rotatable bonds is 4. The van der Waals surface area contributed by atoms with Crippen LogP contribution in [0, 0.1) is 6.92 Å². The first-order valence-corrected chi connectivity index (χ1v) is 6.38. The molecule has 98 valence electrons. The highest BCUT2D eigenvalue weighted by molar-refractivity contribution is 5.81. The number of guanidine groups is 1. The number of ether oxygens (including phenoxy) is 1. The first-order chi connectivity index (χ1) is 8.66. The lowest BCUT2D eigenvalue weighted by molar-refractivity contribution is 0.221. The van der Waals surface area contributed by atoms with E-state index in [0.717, 1.165) is 31.3 Å². The van der Waals surface area contributed by atoms with Crippen LogP contribution in [-0.4, -0.2) is 43.6 Å². The number of para-hydroxylation sites is 1. The molecule has 0 saturated heterocycles. The zero-order valence-electron chi connectivity index (χ0n) is 11.3. The van der Waals surface area contributed by atoms with Gasteiger partial charge < -0.3 is 15.0 Å². The van der Waals surface area contributed by atoms with Crippen LogP contribution in [0.5, 0.6) is 5.75 Å². The van der Waals surface area contributed by atoms with Crippen molar-refractivity contribution in [3.63, 3.8) is 0 Å². The number of likely N-dealkylation sites (N-methyl/N-ethyl adjacent to an activating group) is 1. The van der Waals surface area contributed by atoms with E-state index < -0.39 is 0 Å². The zero-order valence-corrected chi connectivity index (χ0v) is 11.3. The lowest BCUT2D eigenvalue weighted by Gasteiger charge is -2.20. The maximum atomic E-state index is 5.90. The van der Waals surface area contributed by atoms with Crippen molar-refractivity contribution in [1.82, 2.24) is 10.2 Å². The van der Waals surface area contributed by atoms with Gasteiger partial charge in [0, 0.05) is 13.6 Å². The highest BCUT2D eigenvalue weighted by Crippen LogP contribution is 2.17. The molecule has 0 amide bonds. The minimum Gasteiger partial charge on any atom is -0.489 e. The third-order valence-electron chi connectivity index (χ3n) is 3.03. The van der Waals surface area contributed by atoms with Gasteiger partial charge in [-0.15, -0.1) is 0 Å². The zero-order chi connectivity index (χ0) is 13.0. The van der Waals surface area contributed by atoms with E-state index in [1.54, 1.807) is 0 Å². The molecule has 1 N–H and O–H groups in total.